The van der Waals surface area contributed by atoms with Crippen LogP contribution in [0.2, 0.25) is 0 Å². The normalized spacial score (nSPS) is 12.0. The number of nitrogens with two attached hydrogens (primary N) is 1. The zero-order chi connectivity index (χ0) is 15.0. The summed E-state index contributed by atoms with van der Waals surface area (Å²) in [4.78, 5) is 18.5. The van der Waals surface area contributed by atoms with Crippen LogP contribution in [-0.4, -0.2) is 36.6 Å². The third-order valence-electron chi connectivity index (χ3n) is 3.09. The van der Waals surface area contributed by atoms with Gasteiger partial charge in [0, 0.05) is 31.9 Å². The molecule has 0 bridgehead atoms. The van der Waals surface area contributed by atoms with E-state index in [1.807, 2.05) is 19.1 Å². The zero-order valence-electron chi connectivity index (χ0n) is 12.7. The van der Waals surface area contributed by atoms with E-state index in [1.54, 1.807) is 6.20 Å². The van der Waals surface area contributed by atoms with E-state index in [1.165, 1.54) is 0 Å². The fourth-order valence-electron chi connectivity index (χ4n) is 1.93. The van der Waals surface area contributed by atoms with Gasteiger partial charge < -0.3 is 16.0 Å². The Bertz CT molecular complexity index is 403. The standard InChI is InChI=1S/C15H26N4O/c1-4-10-19(5-2)14-7-6-13(11-18-14)15(20)17-9-8-12(3)16/h6-7,11-12H,4-5,8-10,16H2,1-3H3,(H,17,20). The highest BCUT2D eigenvalue weighted by atomic mass is 16.1. The average Bonchev–Trinajstić information content (AvgIpc) is 2.44. The van der Waals surface area contributed by atoms with Gasteiger partial charge in [0.15, 0.2) is 0 Å². The zero-order valence-corrected chi connectivity index (χ0v) is 12.7. The summed E-state index contributed by atoms with van der Waals surface area (Å²) in [6.07, 6.45) is 3.49. The number of nitrogens with one attached hydrogen (secondary N) is 1. The van der Waals surface area contributed by atoms with Gasteiger partial charge in [-0.1, -0.05) is 6.92 Å². The minimum atomic E-state index is -0.0942. The van der Waals surface area contributed by atoms with Crippen molar-refractivity contribution in [3.8, 4) is 0 Å². The first-order valence-corrected chi connectivity index (χ1v) is 7.33. The highest BCUT2D eigenvalue weighted by molar-refractivity contribution is 5.94. The van der Waals surface area contributed by atoms with E-state index < -0.39 is 0 Å². The van der Waals surface area contributed by atoms with E-state index in [0.29, 0.717) is 12.1 Å². The number of anilines is 1. The van der Waals surface area contributed by atoms with Gasteiger partial charge in [0.05, 0.1) is 5.56 Å². The van der Waals surface area contributed by atoms with Gasteiger partial charge in [-0.3, -0.25) is 4.79 Å². The van der Waals surface area contributed by atoms with Crippen LogP contribution in [0.1, 0.15) is 44.0 Å². The molecule has 1 aromatic heterocycles. The van der Waals surface area contributed by atoms with Gasteiger partial charge >= 0.3 is 0 Å². The highest BCUT2D eigenvalue weighted by Crippen LogP contribution is 2.11. The molecule has 112 valence electrons. The Kier molecular flexibility index (Phi) is 7.01. The Hall–Kier alpha value is -1.62. The van der Waals surface area contributed by atoms with E-state index >= 15 is 0 Å². The summed E-state index contributed by atoms with van der Waals surface area (Å²) in [5, 5.41) is 2.85. The first kappa shape index (κ1) is 16.4. The van der Waals surface area contributed by atoms with Crippen molar-refractivity contribution >= 4 is 11.7 Å². The third kappa shape index (κ3) is 5.17. The lowest BCUT2D eigenvalue weighted by atomic mass is 10.2. The number of carbonyl (C=O) groups is 1. The van der Waals surface area contributed by atoms with E-state index in [2.05, 4.69) is 29.0 Å². The van der Waals surface area contributed by atoms with Gasteiger partial charge in [0.1, 0.15) is 5.82 Å². The number of pyridine rings is 1. The second-order valence-electron chi connectivity index (χ2n) is 5.01. The molecule has 1 unspecified atom stereocenters. The van der Waals surface area contributed by atoms with Crippen LogP contribution in [-0.2, 0) is 0 Å². The Balaban J connectivity index is 2.59. The van der Waals surface area contributed by atoms with Gasteiger partial charge in [-0.15, -0.1) is 0 Å². The molecule has 1 atom stereocenters. The predicted molar refractivity (Wildman–Crippen MR) is 83.0 cm³/mol. The molecule has 0 aliphatic heterocycles. The summed E-state index contributed by atoms with van der Waals surface area (Å²) in [6.45, 7) is 8.66. The third-order valence-corrected chi connectivity index (χ3v) is 3.09. The maximum atomic E-state index is 11.9. The topological polar surface area (TPSA) is 71.2 Å². The van der Waals surface area contributed by atoms with Gasteiger partial charge in [0.2, 0.25) is 0 Å². The van der Waals surface area contributed by atoms with Crippen molar-refractivity contribution in [1.29, 1.82) is 0 Å². The summed E-state index contributed by atoms with van der Waals surface area (Å²) in [5.74, 6) is 0.824. The lowest BCUT2D eigenvalue weighted by Crippen LogP contribution is -2.29. The van der Waals surface area contributed by atoms with Gasteiger partial charge in [0.25, 0.3) is 5.91 Å². The molecule has 0 saturated carbocycles. The minimum absolute atomic E-state index is 0.0942. The van der Waals surface area contributed by atoms with Crippen molar-refractivity contribution in [2.75, 3.05) is 24.5 Å². The Morgan fingerprint density at radius 2 is 2.20 bits per heavy atom. The number of carbonyl (C=O) groups excluding carboxylic acids is 1. The van der Waals surface area contributed by atoms with Crippen molar-refractivity contribution in [3.63, 3.8) is 0 Å². The highest BCUT2D eigenvalue weighted by Gasteiger charge is 2.08. The largest absolute Gasteiger partial charge is 0.357 e. The monoisotopic (exact) mass is 278 g/mol. The first-order chi connectivity index (χ1) is 9.58. The SMILES string of the molecule is CCCN(CC)c1ccc(C(=O)NCCC(C)N)cn1. The molecule has 1 aromatic rings. The lowest BCUT2D eigenvalue weighted by molar-refractivity contribution is 0.0952. The first-order valence-electron chi connectivity index (χ1n) is 7.33. The molecule has 1 amide bonds. The van der Waals surface area contributed by atoms with Gasteiger partial charge in [-0.05, 0) is 38.8 Å². The summed E-state index contributed by atoms with van der Waals surface area (Å²) < 4.78 is 0. The number of rotatable bonds is 8. The predicted octanol–water partition coefficient (Wildman–Crippen LogP) is 1.78. The number of amides is 1. The van der Waals surface area contributed by atoms with Crippen molar-refractivity contribution in [1.82, 2.24) is 10.3 Å². The molecule has 1 rings (SSSR count). The van der Waals surface area contributed by atoms with E-state index in [4.69, 9.17) is 5.73 Å². The molecule has 5 heteroatoms. The molecule has 5 nitrogen and oxygen atoms in total. The molecule has 0 aliphatic rings. The van der Waals surface area contributed by atoms with Gasteiger partial charge in [-0.25, -0.2) is 4.98 Å². The van der Waals surface area contributed by atoms with Crippen LogP contribution in [0.4, 0.5) is 5.82 Å². The molecule has 1 heterocycles. The maximum absolute atomic E-state index is 11.9. The van der Waals surface area contributed by atoms with Crippen LogP contribution >= 0.6 is 0 Å². The molecule has 0 saturated heterocycles. The number of aromatic nitrogens is 1. The van der Waals surface area contributed by atoms with Crippen LogP contribution in [0.15, 0.2) is 18.3 Å². The summed E-state index contributed by atoms with van der Waals surface area (Å²) >= 11 is 0. The van der Waals surface area contributed by atoms with E-state index in [9.17, 15) is 4.79 Å². The quantitative estimate of drug-likeness (QED) is 0.760. The lowest BCUT2D eigenvalue weighted by Gasteiger charge is -2.21. The van der Waals surface area contributed by atoms with E-state index in [0.717, 1.165) is 31.7 Å². The second kappa shape index (κ2) is 8.53. The van der Waals surface area contributed by atoms with Crippen LogP contribution in [0.3, 0.4) is 0 Å². The molecular weight excluding hydrogens is 252 g/mol. The van der Waals surface area contributed by atoms with Crippen LogP contribution < -0.4 is 16.0 Å². The van der Waals surface area contributed by atoms with Crippen LogP contribution in [0.5, 0.6) is 0 Å². The van der Waals surface area contributed by atoms with Crippen molar-refractivity contribution in [2.45, 2.75) is 39.7 Å². The molecule has 0 fully saturated rings. The summed E-state index contributed by atoms with van der Waals surface area (Å²) in [5.41, 5.74) is 6.23. The maximum Gasteiger partial charge on any atom is 0.252 e. The smallest absolute Gasteiger partial charge is 0.252 e. The van der Waals surface area contributed by atoms with Crippen molar-refractivity contribution in [3.05, 3.63) is 23.9 Å². The van der Waals surface area contributed by atoms with Crippen LogP contribution in [0.25, 0.3) is 0 Å². The Morgan fingerprint density at radius 3 is 2.70 bits per heavy atom. The van der Waals surface area contributed by atoms with Crippen LogP contribution in [0, 0.1) is 0 Å². The molecule has 0 spiro atoms. The fraction of sp³-hybridized carbons (Fsp3) is 0.600. The van der Waals surface area contributed by atoms with Crippen molar-refractivity contribution < 1.29 is 4.79 Å². The number of hydrogen-bond donors (Lipinski definition) is 2. The number of nitrogens with zero attached hydrogens (tertiary/aromatic N) is 2. The Labute approximate surface area is 121 Å². The fourth-order valence-corrected chi connectivity index (χ4v) is 1.93. The molecule has 3 N–H and O–H groups in total. The molecule has 0 radical (unpaired) electrons. The van der Waals surface area contributed by atoms with Crippen molar-refractivity contribution in [2.24, 2.45) is 5.73 Å². The van der Waals surface area contributed by atoms with E-state index in [-0.39, 0.29) is 11.9 Å². The molecule has 0 aliphatic carbocycles. The molecular formula is C15H26N4O. The second-order valence-corrected chi connectivity index (χ2v) is 5.01. The average molecular weight is 278 g/mol. The summed E-state index contributed by atoms with van der Waals surface area (Å²) in [6, 6.07) is 3.82. The molecule has 0 aromatic carbocycles. The Morgan fingerprint density at radius 1 is 1.45 bits per heavy atom. The number of hydrogen-bond acceptors (Lipinski definition) is 4. The minimum Gasteiger partial charge on any atom is -0.357 e. The van der Waals surface area contributed by atoms with Gasteiger partial charge in [-0.2, -0.15) is 0 Å². The molecule has 20 heavy (non-hydrogen) atoms. The summed E-state index contributed by atoms with van der Waals surface area (Å²) in [7, 11) is 0.